The van der Waals surface area contributed by atoms with Crippen molar-refractivity contribution in [2.45, 2.75) is 71.8 Å². The molecule has 1 fully saturated rings. The van der Waals surface area contributed by atoms with Crippen LogP contribution in [-0.4, -0.2) is 12.6 Å². The largest absolute Gasteiger partial charge is 0.314 e. The third-order valence-corrected chi connectivity index (χ3v) is 3.33. The molecule has 0 aromatic rings. The second-order valence-corrected chi connectivity index (χ2v) is 5.65. The Kier molecular flexibility index (Phi) is 6.31. The lowest BCUT2D eigenvalue weighted by atomic mass is 9.99. The van der Waals surface area contributed by atoms with Crippen molar-refractivity contribution in [3.8, 4) is 0 Å². The van der Waals surface area contributed by atoms with E-state index in [-0.39, 0.29) is 0 Å². The van der Waals surface area contributed by atoms with E-state index in [4.69, 9.17) is 0 Å². The van der Waals surface area contributed by atoms with Crippen LogP contribution in [0.1, 0.15) is 65.7 Å². The van der Waals surface area contributed by atoms with Crippen molar-refractivity contribution < 1.29 is 0 Å². The van der Waals surface area contributed by atoms with E-state index in [0.29, 0.717) is 0 Å². The predicted molar refractivity (Wildman–Crippen MR) is 68.1 cm³/mol. The van der Waals surface area contributed by atoms with Gasteiger partial charge in [0.25, 0.3) is 0 Å². The molecule has 0 amide bonds. The second-order valence-electron chi connectivity index (χ2n) is 5.65. The molecule has 0 aromatic carbocycles. The van der Waals surface area contributed by atoms with E-state index < -0.39 is 0 Å². The van der Waals surface area contributed by atoms with Gasteiger partial charge in [-0.3, -0.25) is 0 Å². The van der Waals surface area contributed by atoms with Gasteiger partial charge in [-0.2, -0.15) is 0 Å². The van der Waals surface area contributed by atoms with Crippen molar-refractivity contribution in [1.29, 1.82) is 0 Å². The maximum absolute atomic E-state index is 3.71. The zero-order valence-electron chi connectivity index (χ0n) is 10.9. The smallest absolute Gasteiger partial charge is 0.00697 e. The summed E-state index contributed by atoms with van der Waals surface area (Å²) in [6.45, 7) is 8.12. The summed E-state index contributed by atoms with van der Waals surface area (Å²) in [7, 11) is 0. The maximum atomic E-state index is 3.71. The lowest BCUT2D eigenvalue weighted by Gasteiger charge is -2.18. The fourth-order valence-corrected chi connectivity index (χ4v) is 2.18. The van der Waals surface area contributed by atoms with Crippen LogP contribution in [-0.2, 0) is 0 Å². The minimum absolute atomic E-state index is 0.816. The van der Waals surface area contributed by atoms with E-state index in [9.17, 15) is 0 Å². The zero-order chi connectivity index (χ0) is 11.1. The molecule has 0 radical (unpaired) electrons. The SMILES string of the molecule is CCCNC(CCCC(C)C)CC1CC1. The summed E-state index contributed by atoms with van der Waals surface area (Å²) >= 11 is 0. The standard InChI is InChI=1S/C14H29N/c1-4-10-15-14(11-13-8-9-13)7-5-6-12(2)3/h12-15H,4-11H2,1-3H3. The van der Waals surface area contributed by atoms with Crippen LogP contribution in [0.3, 0.4) is 0 Å². The van der Waals surface area contributed by atoms with E-state index in [2.05, 4.69) is 26.1 Å². The fourth-order valence-electron chi connectivity index (χ4n) is 2.18. The molecule has 0 saturated heterocycles. The van der Waals surface area contributed by atoms with E-state index in [1.54, 1.807) is 0 Å². The zero-order valence-corrected chi connectivity index (χ0v) is 10.9. The van der Waals surface area contributed by atoms with Crippen molar-refractivity contribution in [3.63, 3.8) is 0 Å². The Morgan fingerprint density at radius 2 is 1.93 bits per heavy atom. The minimum Gasteiger partial charge on any atom is -0.314 e. The van der Waals surface area contributed by atoms with Crippen LogP contribution in [0.15, 0.2) is 0 Å². The average molecular weight is 211 g/mol. The Morgan fingerprint density at radius 3 is 2.47 bits per heavy atom. The van der Waals surface area contributed by atoms with Gasteiger partial charge in [-0.15, -0.1) is 0 Å². The summed E-state index contributed by atoms with van der Waals surface area (Å²) in [5.41, 5.74) is 0. The molecule has 0 heterocycles. The summed E-state index contributed by atoms with van der Waals surface area (Å²) in [6, 6.07) is 0.816. The van der Waals surface area contributed by atoms with Gasteiger partial charge in [0, 0.05) is 6.04 Å². The lowest BCUT2D eigenvalue weighted by Crippen LogP contribution is -2.30. The van der Waals surface area contributed by atoms with Gasteiger partial charge in [0.2, 0.25) is 0 Å². The normalized spacial score (nSPS) is 18.4. The van der Waals surface area contributed by atoms with Gasteiger partial charge < -0.3 is 5.32 Å². The first kappa shape index (κ1) is 13.0. The highest BCUT2D eigenvalue weighted by Crippen LogP contribution is 2.34. The van der Waals surface area contributed by atoms with Crippen LogP contribution in [0.2, 0.25) is 0 Å². The third kappa shape index (κ3) is 6.94. The molecule has 1 nitrogen and oxygen atoms in total. The number of hydrogen-bond acceptors (Lipinski definition) is 1. The first-order valence-electron chi connectivity index (χ1n) is 6.95. The summed E-state index contributed by atoms with van der Waals surface area (Å²) in [5, 5.41) is 3.71. The molecular weight excluding hydrogens is 182 g/mol. The Balaban J connectivity index is 2.09. The van der Waals surface area contributed by atoms with Crippen molar-refractivity contribution in [3.05, 3.63) is 0 Å². The average Bonchev–Trinajstić information content (AvgIpc) is 2.97. The van der Waals surface area contributed by atoms with Crippen molar-refractivity contribution >= 4 is 0 Å². The molecule has 1 aliphatic carbocycles. The van der Waals surface area contributed by atoms with Gasteiger partial charge in [-0.1, -0.05) is 46.5 Å². The molecule has 0 aliphatic heterocycles. The number of nitrogens with one attached hydrogen (secondary N) is 1. The van der Waals surface area contributed by atoms with Gasteiger partial charge in [-0.05, 0) is 37.6 Å². The highest BCUT2D eigenvalue weighted by atomic mass is 14.9. The van der Waals surface area contributed by atoms with Crippen LogP contribution in [0.25, 0.3) is 0 Å². The molecule has 1 saturated carbocycles. The van der Waals surface area contributed by atoms with E-state index in [0.717, 1.165) is 17.9 Å². The molecule has 1 atom stereocenters. The molecule has 1 aliphatic rings. The molecule has 1 heteroatoms. The predicted octanol–water partition coefficient (Wildman–Crippen LogP) is 3.98. The quantitative estimate of drug-likeness (QED) is 0.608. The number of rotatable bonds is 9. The van der Waals surface area contributed by atoms with Crippen molar-refractivity contribution in [2.24, 2.45) is 11.8 Å². The highest BCUT2D eigenvalue weighted by Gasteiger charge is 2.24. The van der Waals surface area contributed by atoms with Gasteiger partial charge >= 0.3 is 0 Å². The first-order chi connectivity index (χ1) is 7.22. The van der Waals surface area contributed by atoms with Gasteiger partial charge in [0.1, 0.15) is 0 Å². The topological polar surface area (TPSA) is 12.0 Å². The lowest BCUT2D eigenvalue weighted by molar-refractivity contribution is 0.403. The fraction of sp³-hybridized carbons (Fsp3) is 1.00. The highest BCUT2D eigenvalue weighted by molar-refractivity contribution is 4.80. The molecule has 1 rings (SSSR count). The second kappa shape index (κ2) is 7.27. The molecule has 0 spiro atoms. The molecule has 0 aromatic heterocycles. The Bertz CT molecular complexity index is 149. The third-order valence-electron chi connectivity index (χ3n) is 3.33. The number of hydrogen-bond donors (Lipinski definition) is 1. The van der Waals surface area contributed by atoms with Crippen LogP contribution in [0, 0.1) is 11.8 Å². The van der Waals surface area contributed by atoms with Gasteiger partial charge in [0.15, 0.2) is 0 Å². The van der Waals surface area contributed by atoms with Crippen LogP contribution >= 0.6 is 0 Å². The Morgan fingerprint density at radius 1 is 1.20 bits per heavy atom. The van der Waals surface area contributed by atoms with E-state index in [1.807, 2.05) is 0 Å². The summed E-state index contributed by atoms with van der Waals surface area (Å²) in [6.07, 6.45) is 9.90. The van der Waals surface area contributed by atoms with Gasteiger partial charge in [0.05, 0.1) is 0 Å². The molecule has 1 N–H and O–H groups in total. The minimum atomic E-state index is 0.816. The van der Waals surface area contributed by atoms with Gasteiger partial charge in [-0.25, -0.2) is 0 Å². The maximum Gasteiger partial charge on any atom is 0.00697 e. The van der Waals surface area contributed by atoms with E-state index >= 15 is 0 Å². The molecule has 0 bridgehead atoms. The Labute approximate surface area is 96.0 Å². The summed E-state index contributed by atoms with van der Waals surface area (Å²) in [4.78, 5) is 0. The van der Waals surface area contributed by atoms with Crippen LogP contribution in [0.5, 0.6) is 0 Å². The molecular formula is C14H29N. The molecule has 90 valence electrons. The Hall–Kier alpha value is -0.0400. The monoisotopic (exact) mass is 211 g/mol. The van der Waals surface area contributed by atoms with Crippen molar-refractivity contribution in [2.75, 3.05) is 6.54 Å². The molecule has 1 unspecified atom stereocenters. The molecule has 15 heavy (non-hydrogen) atoms. The van der Waals surface area contributed by atoms with E-state index in [1.165, 1.54) is 51.5 Å². The summed E-state index contributed by atoms with van der Waals surface area (Å²) in [5.74, 6) is 1.94. The van der Waals surface area contributed by atoms with Crippen LogP contribution < -0.4 is 5.32 Å². The first-order valence-corrected chi connectivity index (χ1v) is 6.95. The van der Waals surface area contributed by atoms with Crippen molar-refractivity contribution in [1.82, 2.24) is 5.32 Å². The summed E-state index contributed by atoms with van der Waals surface area (Å²) < 4.78 is 0. The van der Waals surface area contributed by atoms with Crippen LogP contribution in [0.4, 0.5) is 0 Å².